The van der Waals surface area contributed by atoms with Gasteiger partial charge in [-0.05, 0) is 36.9 Å². The van der Waals surface area contributed by atoms with E-state index >= 15 is 0 Å². The van der Waals surface area contributed by atoms with Gasteiger partial charge in [0.15, 0.2) is 0 Å². The predicted octanol–water partition coefficient (Wildman–Crippen LogP) is -4.31. The third-order valence-corrected chi connectivity index (χ3v) is 3.51. The monoisotopic (exact) mass is 510 g/mol. The van der Waals surface area contributed by atoms with Crippen molar-refractivity contribution in [3.8, 4) is 0 Å². The van der Waals surface area contributed by atoms with Gasteiger partial charge >= 0.3 is 31.4 Å². The van der Waals surface area contributed by atoms with Gasteiger partial charge < -0.3 is 52.9 Å². The number of nitrogens with two attached hydrogens (primary N) is 4. The van der Waals surface area contributed by atoms with Gasteiger partial charge in [0.2, 0.25) is 0 Å². The minimum Gasteiger partial charge on any atom is -0.548 e. The summed E-state index contributed by atoms with van der Waals surface area (Å²) in [6.45, 7) is -0.556. The van der Waals surface area contributed by atoms with Crippen molar-refractivity contribution in [3.05, 3.63) is 0 Å². The van der Waals surface area contributed by atoms with E-state index in [0.717, 1.165) is 11.5 Å². The molecule has 0 aromatic carbocycles. The van der Waals surface area contributed by atoms with Gasteiger partial charge in [-0.1, -0.05) is 0 Å². The van der Waals surface area contributed by atoms with E-state index in [2.05, 4.69) is 11.5 Å². The second kappa shape index (κ2) is 29.2. The summed E-state index contributed by atoms with van der Waals surface area (Å²) in [5.74, 6) is -2.72. The molecule has 0 heterocycles. The molecular formula is C14H30N4O8S2Zn. The Labute approximate surface area is 191 Å². The molecule has 0 aliphatic carbocycles. The molecule has 10 N–H and O–H groups in total. The van der Waals surface area contributed by atoms with Gasteiger partial charge in [-0.25, -0.2) is 0 Å². The van der Waals surface area contributed by atoms with Gasteiger partial charge in [0, 0.05) is 12.1 Å². The Morgan fingerprint density at radius 2 is 1.00 bits per heavy atom. The van der Waals surface area contributed by atoms with Crippen molar-refractivity contribution in [3.63, 3.8) is 0 Å². The standard InChI is InChI=1S/2C5H11NO2S.2C2H5NO2.Zn/c2*1-9-3-2-4(6)5(7)8;2*3-1-2(4)5;/h2*4H,2-3,6H2,1H3,(H,7,8);2*1,3H2,(H,4,5);/q;;;;+2/p-2/t2*4-;;;/m00.../s1. The van der Waals surface area contributed by atoms with Gasteiger partial charge in [0.1, 0.15) is 0 Å². The molecule has 29 heavy (non-hydrogen) atoms. The molecular weight excluding hydrogens is 482 g/mol. The van der Waals surface area contributed by atoms with Crippen LogP contribution in [0.25, 0.3) is 0 Å². The van der Waals surface area contributed by atoms with Crippen LogP contribution in [0.15, 0.2) is 0 Å². The molecule has 0 amide bonds. The summed E-state index contributed by atoms with van der Waals surface area (Å²) < 4.78 is 0. The molecule has 0 aliphatic heterocycles. The van der Waals surface area contributed by atoms with Crippen molar-refractivity contribution in [2.45, 2.75) is 24.9 Å². The van der Waals surface area contributed by atoms with Crippen molar-refractivity contribution < 1.29 is 59.1 Å². The zero-order chi connectivity index (χ0) is 23.1. The maximum absolute atomic E-state index is 9.96. The molecule has 168 valence electrons. The second-order valence-corrected chi connectivity index (χ2v) is 6.58. The minimum atomic E-state index is -1.16. The van der Waals surface area contributed by atoms with Gasteiger partial charge in [0.25, 0.3) is 0 Å². The first-order valence-electron chi connectivity index (χ1n) is 7.65. The van der Waals surface area contributed by atoms with E-state index < -0.39 is 36.0 Å². The number of thioether (sulfide) groups is 2. The molecule has 12 nitrogen and oxygen atoms in total. The third-order valence-electron chi connectivity index (χ3n) is 2.22. The maximum Gasteiger partial charge on any atom is 2.00 e. The van der Waals surface area contributed by atoms with Crippen molar-refractivity contribution >= 4 is 47.4 Å². The number of carbonyl (C=O) groups excluding carboxylic acids is 2. The third kappa shape index (κ3) is 46.8. The van der Waals surface area contributed by atoms with E-state index in [-0.39, 0.29) is 32.6 Å². The normalized spacial score (nSPS) is 10.7. The molecule has 0 saturated heterocycles. The maximum atomic E-state index is 9.96. The molecule has 0 rings (SSSR count). The predicted molar refractivity (Wildman–Crippen MR) is 105 cm³/mol. The first-order chi connectivity index (χ1) is 12.9. The molecule has 0 spiro atoms. The van der Waals surface area contributed by atoms with Crippen LogP contribution in [0.4, 0.5) is 0 Å². The van der Waals surface area contributed by atoms with Crippen LogP contribution in [0.5, 0.6) is 0 Å². The quantitative estimate of drug-likeness (QED) is 0.151. The molecule has 2 atom stereocenters. The molecule has 0 radical (unpaired) electrons. The van der Waals surface area contributed by atoms with Crippen molar-refractivity contribution in [1.29, 1.82) is 0 Å². The average Bonchev–Trinajstić information content (AvgIpc) is 2.65. The number of aliphatic carboxylic acids is 4. The molecule has 0 fully saturated rings. The smallest absolute Gasteiger partial charge is 0.548 e. The summed E-state index contributed by atoms with van der Waals surface area (Å²) in [5.41, 5.74) is 19.4. The van der Waals surface area contributed by atoms with Crippen LogP contribution in [0.3, 0.4) is 0 Å². The fraction of sp³-hybridized carbons (Fsp3) is 0.714. The molecule has 0 aromatic heterocycles. The van der Waals surface area contributed by atoms with Gasteiger partial charge in [-0.2, -0.15) is 23.5 Å². The van der Waals surface area contributed by atoms with E-state index in [1.807, 2.05) is 12.5 Å². The zero-order valence-corrected chi connectivity index (χ0v) is 21.2. The van der Waals surface area contributed by atoms with E-state index in [1.54, 1.807) is 23.5 Å². The summed E-state index contributed by atoms with van der Waals surface area (Å²) in [6, 6.07) is -1.59. The van der Waals surface area contributed by atoms with Crippen LogP contribution in [0.2, 0.25) is 0 Å². The van der Waals surface area contributed by atoms with Crippen LogP contribution in [-0.4, -0.2) is 83.3 Å². The molecule has 15 heteroatoms. The summed E-state index contributed by atoms with van der Waals surface area (Å²) in [4.78, 5) is 38.4. The van der Waals surface area contributed by atoms with Crippen LogP contribution in [0, 0.1) is 0 Å². The van der Waals surface area contributed by atoms with Crippen molar-refractivity contribution in [2.75, 3.05) is 37.1 Å². The minimum absolute atomic E-state index is 0. The van der Waals surface area contributed by atoms with Crippen LogP contribution in [-0.2, 0) is 38.7 Å². The fourth-order valence-corrected chi connectivity index (χ4v) is 1.70. The van der Waals surface area contributed by atoms with E-state index in [1.165, 1.54) is 0 Å². The van der Waals surface area contributed by atoms with Crippen LogP contribution < -0.4 is 33.1 Å². The zero-order valence-electron chi connectivity index (χ0n) is 16.6. The molecule has 0 saturated carbocycles. The van der Waals surface area contributed by atoms with Gasteiger partial charge in [0.05, 0.1) is 25.0 Å². The van der Waals surface area contributed by atoms with Crippen molar-refractivity contribution in [2.24, 2.45) is 22.9 Å². The van der Waals surface area contributed by atoms with E-state index in [9.17, 15) is 29.4 Å². The average molecular weight is 512 g/mol. The van der Waals surface area contributed by atoms with E-state index in [4.69, 9.17) is 21.7 Å². The van der Waals surface area contributed by atoms with E-state index in [0.29, 0.717) is 12.8 Å². The van der Waals surface area contributed by atoms with Gasteiger partial charge in [-0.15, -0.1) is 0 Å². The topological polar surface area (TPSA) is 259 Å². The molecule has 0 aliphatic rings. The summed E-state index contributed by atoms with van der Waals surface area (Å²) >= 11 is 3.15. The van der Waals surface area contributed by atoms with Crippen LogP contribution >= 0.6 is 23.5 Å². The molecule has 0 unspecified atom stereocenters. The first-order valence-corrected chi connectivity index (χ1v) is 10.4. The Bertz CT molecular complexity index is 398. The van der Waals surface area contributed by atoms with Gasteiger partial charge in [-0.3, -0.25) is 9.59 Å². The Hall–Kier alpha value is -0.957. The Kier molecular flexibility index (Phi) is 39.0. The number of carboxylic acids is 4. The number of rotatable bonds is 10. The first kappa shape index (κ1) is 38.6. The molecule has 0 aromatic rings. The second-order valence-electron chi connectivity index (χ2n) is 4.61. The van der Waals surface area contributed by atoms with Crippen LogP contribution in [0.1, 0.15) is 12.8 Å². The Balaban J connectivity index is -0.0000000907. The fourth-order valence-electron chi connectivity index (χ4n) is 0.725. The summed E-state index contributed by atoms with van der Waals surface area (Å²) in [7, 11) is 0. The summed E-state index contributed by atoms with van der Waals surface area (Å²) in [6.07, 6.45) is 4.79. The number of carboxylic acid groups (broad SMARTS) is 4. The Morgan fingerprint density at radius 1 is 0.793 bits per heavy atom. The summed E-state index contributed by atoms with van der Waals surface area (Å²) in [5, 5.41) is 35.1. The van der Waals surface area contributed by atoms with Crippen molar-refractivity contribution in [1.82, 2.24) is 0 Å². The number of hydrogen-bond acceptors (Lipinski definition) is 12. The molecule has 0 bridgehead atoms. The largest absolute Gasteiger partial charge is 2.00 e. The number of hydrogen-bond donors (Lipinski definition) is 6. The SMILES string of the molecule is CSCC[C@H](N)C(=O)[O-].CSCC[C@H](N)C(=O)[O-].NCC(=O)O.NCC(=O)O.[Zn+2]. The Morgan fingerprint density at radius 3 is 1.10 bits per heavy atom. The number of carbonyl (C=O) groups is 4.